The number of esters is 1. The van der Waals surface area contributed by atoms with E-state index in [-0.39, 0.29) is 17.3 Å². The van der Waals surface area contributed by atoms with E-state index in [4.69, 9.17) is 9.47 Å². The van der Waals surface area contributed by atoms with E-state index in [1.807, 2.05) is 13.0 Å². The molecule has 0 aromatic heterocycles. The first-order valence-electron chi connectivity index (χ1n) is 10.2. The van der Waals surface area contributed by atoms with E-state index in [0.29, 0.717) is 37.3 Å². The van der Waals surface area contributed by atoms with Crippen LogP contribution in [0.1, 0.15) is 62.9 Å². The molecule has 2 aromatic carbocycles. The highest BCUT2D eigenvalue weighted by Gasteiger charge is 2.15. The molecule has 0 aliphatic rings. The van der Waals surface area contributed by atoms with E-state index >= 15 is 0 Å². The van der Waals surface area contributed by atoms with Gasteiger partial charge in [-0.25, -0.2) is 4.79 Å². The molecule has 0 spiro atoms. The number of amides is 1. The minimum atomic E-state index is -0.385. The summed E-state index contributed by atoms with van der Waals surface area (Å²) in [6.45, 7) is 9.25. The summed E-state index contributed by atoms with van der Waals surface area (Å²) < 4.78 is 11.8. The van der Waals surface area contributed by atoms with E-state index in [1.165, 1.54) is 5.56 Å². The predicted octanol–water partition coefficient (Wildman–Crippen LogP) is 6.11. The van der Waals surface area contributed by atoms with Gasteiger partial charge in [-0.2, -0.15) is 0 Å². The molecule has 0 heterocycles. The van der Waals surface area contributed by atoms with Gasteiger partial charge in [-0.05, 0) is 70.1 Å². The Morgan fingerprint density at radius 2 is 1.83 bits per heavy atom. The molecule has 1 N–H and O–H groups in total. The lowest BCUT2D eigenvalue weighted by Gasteiger charge is -2.20. The molecule has 0 aliphatic carbocycles. The number of nitrogens with one attached hydrogen (secondary N) is 1. The number of halogens is 1. The quantitative estimate of drug-likeness (QED) is 0.350. The zero-order valence-electron chi connectivity index (χ0n) is 18.1. The fraction of sp³-hybridized carbons (Fsp3) is 0.417. The lowest BCUT2D eigenvalue weighted by atomic mass is 9.87. The monoisotopic (exact) mass is 475 g/mol. The van der Waals surface area contributed by atoms with E-state index in [2.05, 4.69) is 54.2 Å². The van der Waals surface area contributed by atoms with Crippen molar-refractivity contribution in [1.29, 1.82) is 0 Å². The molecule has 162 valence electrons. The van der Waals surface area contributed by atoms with Crippen molar-refractivity contribution < 1.29 is 19.1 Å². The molecule has 0 saturated carbocycles. The van der Waals surface area contributed by atoms with Crippen molar-refractivity contribution in [2.45, 2.75) is 52.4 Å². The maximum absolute atomic E-state index is 12.2. The van der Waals surface area contributed by atoms with Crippen LogP contribution in [0.2, 0.25) is 0 Å². The summed E-state index contributed by atoms with van der Waals surface area (Å²) in [7, 11) is 0. The SMILES string of the molecule is CCCOC(=O)c1cccc(NC(=O)CCCOc2ccc(C(C)(C)C)cc2Br)c1. The first kappa shape index (κ1) is 23.9. The lowest BCUT2D eigenvalue weighted by molar-refractivity contribution is -0.116. The third-order valence-electron chi connectivity index (χ3n) is 4.42. The maximum Gasteiger partial charge on any atom is 0.338 e. The number of carbonyl (C=O) groups is 2. The van der Waals surface area contributed by atoms with Crippen LogP contribution in [0.25, 0.3) is 0 Å². The van der Waals surface area contributed by atoms with Crippen molar-refractivity contribution in [2.24, 2.45) is 0 Å². The second-order valence-corrected chi connectivity index (χ2v) is 8.97. The van der Waals surface area contributed by atoms with Crippen LogP contribution < -0.4 is 10.1 Å². The first-order valence-corrected chi connectivity index (χ1v) is 11.0. The molecule has 0 fully saturated rings. The molecule has 5 nitrogen and oxygen atoms in total. The minimum Gasteiger partial charge on any atom is -0.492 e. The number of benzene rings is 2. The summed E-state index contributed by atoms with van der Waals surface area (Å²) in [5.74, 6) is 0.255. The number of rotatable bonds is 9. The molecule has 0 radical (unpaired) electrons. The fourth-order valence-corrected chi connectivity index (χ4v) is 3.22. The largest absolute Gasteiger partial charge is 0.492 e. The number of ether oxygens (including phenoxy) is 2. The highest BCUT2D eigenvalue weighted by atomic mass is 79.9. The summed E-state index contributed by atoms with van der Waals surface area (Å²) in [5, 5.41) is 2.82. The van der Waals surface area contributed by atoms with E-state index in [1.54, 1.807) is 24.3 Å². The molecular formula is C24H30BrNO4. The van der Waals surface area contributed by atoms with Crippen LogP contribution in [-0.2, 0) is 14.9 Å². The third-order valence-corrected chi connectivity index (χ3v) is 5.04. The summed E-state index contributed by atoms with van der Waals surface area (Å²) in [6.07, 6.45) is 1.67. The van der Waals surface area contributed by atoms with Crippen molar-refractivity contribution in [1.82, 2.24) is 0 Å². The fourth-order valence-electron chi connectivity index (χ4n) is 2.72. The Balaban J connectivity index is 1.80. The summed E-state index contributed by atoms with van der Waals surface area (Å²) in [6, 6.07) is 12.9. The molecule has 30 heavy (non-hydrogen) atoms. The van der Waals surface area contributed by atoms with Gasteiger partial charge < -0.3 is 14.8 Å². The molecule has 0 atom stereocenters. The van der Waals surface area contributed by atoms with Gasteiger partial charge in [0.05, 0.1) is 23.2 Å². The van der Waals surface area contributed by atoms with E-state index in [0.717, 1.165) is 16.6 Å². The van der Waals surface area contributed by atoms with Crippen LogP contribution in [0, 0.1) is 0 Å². The van der Waals surface area contributed by atoms with Gasteiger partial charge in [0.2, 0.25) is 5.91 Å². The normalized spacial score (nSPS) is 11.1. The van der Waals surface area contributed by atoms with Crippen molar-refractivity contribution in [3.05, 3.63) is 58.1 Å². The Labute approximate surface area is 187 Å². The number of hydrogen-bond acceptors (Lipinski definition) is 4. The van der Waals surface area contributed by atoms with Gasteiger partial charge >= 0.3 is 5.97 Å². The second kappa shape index (κ2) is 11.2. The maximum atomic E-state index is 12.2. The van der Waals surface area contributed by atoms with Gasteiger partial charge in [-0.15, -0.1) is 0 Å². The molecule has 1 amide bonds. The van der Waals surface area contributed by atoms with Gasteiger partial charge in [-0.1, -0.05) is 39.8 Å². The van der Waals surface area contributed by atoms with Gasteiger partial charge in [0.15, 0.2) is 0 Å². The van der Waals surface area contributed by atoms with Crippen molar-refractivity contribution in [2.75, 3.05) is 18.5 Å². The van der Waals surface area contributed by atoms with E-state index < -0.39 is 0 Å². The standard InChI is InChI=1S/C24H30BrNO4/c1-5-13-30-23(28)17-8-6-9-19(15-17)26-22(27)10-7-14-29-21-12-11-18(16-20(21)25)24(2,3)4/h6,8-9,11-12,15-16H,5,7,10,13-14H2,1-4H3,(H,26,27). The third kappa shape index (κ3) is 7.48. The van der Waals surface area contributed by atoms with Gasteiger partial charge in [-0.3, -0.25) is 4.79 Å². The molecule has 0 unspecified atom stereocenters. The Morgan fingerprint density at radius 1 is 1.07 bits per heavy atom. The van der Waals surface area contributed by atoms with Crippen molar-refractivity contribution in [3.63, 3.8) is 0 Å². The molecular weight excluding hydrogens is 446 g/mol. The highest BCUT2D eigenvalue weighted by Crippen LogP contribution is 2.31. The summed E-state index contributed by atoms with van der Waals surface area (Å²) >= 11 is 3.56. The van der Waals surface area contributed by atoms with E-state index in [9.17, 15) is 9.59 Å². The van der Waals surface area contributed by atoms with Crippen LogP contribution in [-0.4, -0.2) is 25.1 Å². The molecule has 6 heteroatoms. The number of carbonyl (C=O) groups excluding carboxylic acids is 2. The Hall–Kier alpha value is -2.34. The Bertz CT molecular complexity index is 874. The average Bonchev–Trinajstić information content (AvgIpc) is 2.69. The minimum absolute atomic E-state index is 0.0726. The number of anilines is 1. The van der Waals surface area contributed by atoms with Crippen LogP contribution >= 0.6 is 15.9 Å². The summed E-state index contributed by atoms with van der Waals surface area (Å²) in [5.41, 5.74) is 2.30. The first-order chi connectivity index (χ1) is 14.2. The molecule has 2 aromatic rings. The lowest BCUT2D eigenvalue weighted by Crippen LogP contribution is -2.14. The number of hydrogen-bond donors (Lipinski definition) is 1. The van der Waals surface area contributed by atoms with Crippen molar-refractivity contribution >= 4 is 33.5 Å². The van der Waals surface area contributed by atoms with Crippen LogP contribution in [0.4, 0.5) is 5.69 Å². The second-order valence-electron chi connectivity index (χ2n) is 8.11. The van der Waals surface area contributed by atoms with Crippen molar-refractivity contribution in [3.8, 4) is 5.75 Å². The highest BCUT2D eigenvalue weighted by molar-refractivity contribution is 9.10. The zero-order valence-corrected chi connectivity index (χ0v) is 19.7. The van der Waals surface area contributed by atoms with Gasteiger partial charge in [0.1, 0.15) is 5.75 Å². The topological polar surface area (TPSA) is 64.6 Å². The molecule has 0 saturated heterocycles. The molecule has 2 rings (SSSR count). The Morgan fingerprint density at radius 3 is 2.50 bits per heavy atom. The molecule has 0 aliphatic heterocycles. The smallest absolute Gasteiger partial charge is 0.338 e. The van der Waals surface area contributed by atoms with Gasteiger partial charge in [0.25, 0.3) is 0 Å². The molecule has 0 bridgehead atoms. The van der Waals surface area contributed by atoms with Crippen LogP contribution in [0.15, 0.2) is 46.9 Å². The van der Waals surface area contributed by atoms with Gasteiger partial charge in [0, 0.05) is 12.1 Å². The van der Waals surface area contributed by atoms with Crippen LogP contribution in [0.3, 0.4) is 0 Å². The zero-order chi connectivity index (χ0) is 22.1. The predicted molar refractivity (Wildman–Crippen MR) is 123 cm³/mol. The Kier molecular flexibility index (Phi) is 8.90. The van der Waals surface area contributed by atoms with Crippen LogP contribution in [0.5, 0.6) is 5.75 Å². The summed E-state index contributed by atoms with van der Waals surface area (Å²) in [4.78, 5) is 24.1. The average molecular weight is 476 g/mol.